The second-order valence-electron chi connectivity index (χ2n) is 8.93. The summed E-state index contributed by atoms with van der Waals surface area (Å²) in [5.41, 5.74) is 13.4. The van der Waals surface area contributed by atoms with Gasteiger partial charge < -0.3 is 30.4 Å². The number of anilines is 2. The number of nitrogen functional groups attached to an aromatic ring is 2. The van der Waals surface area contributed by atoms with Crippen LogP contribution in [0, 0.1) is 0 Å². The monoisotopic (exact) mass is 532 g/mol. The predicted octanol–water partition coefficient (Wildman–Crippen LogP) is 6.05. The summed E-state index contributed by atoms with van der Waals surface area (Å²) in [4.78, 5) is 24.3. The van der Waals surface area contributed by atoms with Gasteiger partial charge in [-0.1, -0.05) is 38.3 Å². The molecule has 0 radical (unpaired) electrons. The molecule has 0 saturated carbocycles. The van der Waals surface area contributed by atoms with E-state index in [-0.39, 0.29) is 6.61 Å². The largest absolute Gasteiger partial charge is 0.494 e. The Morgan fingerprint density at radius 1 is 0.718 bits per heavy atom. The Morgan fingerprint density at radius 2 is 1.31 bits per heavy atom. The van der Waals surface area contributed by atoms with Crippen LogP contribution >= 0.6 is 0 Å². The van der Waals surface area contributed by atoms with Crippen LogP contribution in [-0.2, 0) is 9.53 Å². The fourth-order valence-corrected chi connectivity index (χ4v) is 3.60. The normalized spacial score (nSPS) is 10.8. The van der Waals surface area contributed by atoms with Gasteiger partial charge in [0.05, 0.1) is 25.4 Å². The molecule has 8 nitrogen and oxygen atoms in total. The summed E-state index contributed by atoms with van der Waals surface area (Å²) in [6.45, 7) is 3.43. The number of unbranched alkanes of at least 4 members (excludes halogenated alkanes) is 3. The van der Waals surface area contributed by atoms with E-state index < -0.39 is 11.9 Å². The number of hydrogen-bond donors (Lipinski definition) is 2. The van der Waals surface area contributed by atoms with E-state index in [1.165, 1.54) is 31.1 Å². The number of carbonyl (C=O) groups excluding carboxylic acids is 2. The third kappa shape index (κ3) is 10.8. The van der Waals surface area contributed by atoms with Crippen LogP contribution in [0.5, 0.6) is 17.2 Å². The highest BCUT2D eigenvalue weighted by molar-refractivity contribution is 5.91. The van der Waals surface area contributed by atoms with Crippen molar-refractivity contribution in [3.63, 3.8) is 0 Å². The molecule has 0 fully saturated rings. The average Bonchev–Trinajstić information content (AvgIpc) is 2.92. The van der Waals surface area contributed by atoms with Gasteiger partial charge in [-0.15, -0.1) is 0 Å². The molecule has 3 aromatic rings. The summed E-state index contributed by atoms with van der Waals surface area (Å²) in [7, 11) is 0. The molecule has 3 rings (SSSR count). The van der Waals surface area contributed by atoms with Crippen LogP contribution in [0.4, 0.5) is 11.4 Å². The lowest BCUT2D eigenvalue weighted by atomic mass is 10.2. The molecule has 0 bridgehead atoms. The Balaban J connectivity index is 1.33. The summed E-state index contributed by atoms with van der Waals surface area (Å²) in [6, 6.07) is 18.9. The van der Waals surface area contributed by atoms with Crippen molar-refractivity contribution < 1.29 is 28.5 Å². The molecule has 8 heteroatoms. The quantitative estimate of drug-likeness (QED) is 0.0797. The van der Waals surface area contributed by atoms with E-state index in [4.69, 9.17) is 30.4 Å². The van der Waals surface area contributed by atoms with E-state index in [0.29, 0.717) is 48.1 Å². The Bertz CT molecular complexity index is 1200. The fourth-order valence-electron chi connectivity index (χ4n) is 3.60. The molecule has 206 valence electrons. The van der Waals surface area contributed by atoms with Crippen molar-refractivity contribution in [1.82, 2.24) is 0 Å². The SMILES string of the molecule is CCCCCCOc1ccc(OC(=O)/C=C/c2ccc(OCCCOC(=O)c3cc(N)cc(N)c3)cc2)cc1. The average molecular weight is 533 g/mol. The Kier molecular flexibility index (Phi) is 11.7. The first kappa shape index (κ1) is 29.1. The van der Waals surface area contributed by atoms with E-state index >= 15 is 0 Å². The molecule has 0 spiro atoms. The third-order valence-electron chi connectivity index (χ3n) is 5.60. The lowest BCUT2D eigenvalue weighted by molar-refractivity contribution is -0.128. The molecule has 0 heterocycles. The predicted molar refractivity (Wildman–Crippen MR) is 153 cm³/mol. The molecule has 0 saturated heterocycles. The van der Waals surface area contributed by atoms with Gasteiger partial charge in [0.25, 0.3) is 0 Å². The van der Waals surface area contributed by atoms with Crippen molar-refractivity contribution in [2.75, 3.05) is 31.3 Å². The van der Waals surface area contributed by atoms with Gasteiger partial charge in [-0.25, -0.2) is 9.59 Å². The first-order valence-electron chi connectivity index (χ1n) is 13.1. The van der Waals surface area contributed by atoms with Gasteiger partial charge in [0.15, 0.2) is 0 Å². The maximum Gasteiger partial charge on any atom is 0.338 e. The van der Waals surface area contributed by atoms with Gasteiger partial charge in [0, 0.05) is 23.9 Å². The highest BCUT2D eigenvalue weighted by Crippen LogP contribution is 2.19. The molecule has 0 atom stereocenters. The Morgan fingerprint density at radius 3 is 1.95 bits per heavy atom. The summed E-state index contributed by atoms with van der Waals surface area (Å²) < 4.78 is 22.0. The van der Waals surface area contributed by atoms with Crippen molar-refractivity contribution in [3.8, 4) is 17.2 Å². The van der Waals surface area contributed by atoms with Crippen LogP contribution in [0.15, 0.2) is 72.8 Å². The zero-order chi connectivity index (χ0) is 27.9. The van der Waals surface area contributed by atoms with Crippen LogP contribution in [0.25, 0.3) is 6.08 Å². The first-order chi connectivity index (χ1) is 18.9. The van der Waals surface area contributed by atoms with Crippen LogP contribution in [0.1, 0.15) is 54.9 Å². The third-order valence-corrected chi connectivity index (χ3v) is 5.60. The summed E-state index contributed by atoms with van der Waals surface area (Å²) in [5, 5.41) is 0. The zero-order valence-electron chi connectivity index (χ0n) is 22.3. The minimum Gasteiger partial charge on any atom is -0.494 e. The van der Waals surface area contributed by atoms with E-state index in [9.17, 15) is 9.59 Å². The van der Waals surface area contributed by atoms with E-state index in [1.54, 1.807) is 48.5 Å². The smallest absolute Gasteiger partial charge is 0.338 e. The van der Waals surface area contributed by atoms with Gasteiger partial charge in [0.2, 0.25) is 0 Å². The number of esters is 2. The minimum atomic E-state index is -0.483. The molecule has 4 N–H and O–H groups in total. The maximum atomic E-state index is 12.2. The maximum absolute atomic E-state index is 12.2. The van der Waals surface area contributed by atoms with E-state index in [1.807, 2.05) is 12.1 Å². The lowest BCUT2D eigenvalue weighted by Gasteiger charge is -2.08. The Hall–Kier alpha value is -4.46. The standard InChI is InChI=1S/C31H36N2O6/c1-2-3-4-5-17-36-28-12-14-29(15-13-28)39-30(34)16-9-23-7-10-27(11-8-23)37-18-6-19-38-31(35)24-20-25(32)22-26(33)21-24/h7-16,20-22H,2-6,17-19,32-33H2,1H3/b16-9+. The van der Waals surface area contributed by atoms with Crippen molar-refractivity contribution in [3.05, 3.63) is 83.9 Å². The number of rotatable bonds is 15. The molecule has 39 heavy (non-hydrogen) atoms. The molecule has 0 unspecified atom stereocenters. The molecule has 0 aromatic heterocycles. The highest BCUT2D eigenvalue weighted by atomic mass is 16.5. The van der Waals surface area contributed by atoms with Crippen molar-refractivity contribution in [2.45, 2.75) is 39.0 Å². The molecule has 3 aromatic carbocycles. The summed E-state index contributed by atoms with van der Waals surface area (Å²) in [6.07, 6.45) is 8.16. The molecular formula is C31H36N2O6. The van der Waals surface area contributed by atoms with Gasteiger partial charge >= 0.3 is 11.9 Å². The zero-order valence-corrected chi connectivity index (χ0v) is 22.3. The highest BCUT2D eigenvalue weighted by Gasteiger charge is 2.09. The van der Waals surface area contributed by atoms with Crippen LogP contribution in [-0.4, -0.2) is 31.8 Å². The minimum absolute atomic E-state index is 0.200. The van der Waals surface area contributed by atoms with Crippen molar-refractivity contribution in [2.24, 2.45) is 0 Å². The molecule has 0 aliphatic carbocycles. The van der Waals surface area contributed by atoms with E-state index in [2.05, 4.69) is 6.92 Å². The van der Waals surface area contributed by atoms with Crippen molar-refractivity contribution in [1.29, 1.82) is 0 Å². The summed E-state index contributed by atoms with van der Waals surface area (Å²) >= 11 is 0. The second kappa shape index (κ2) is 15.7. The molecule has 0 aliphatic heterocycles. The number of ether oxygens (including phenoxy) is 4. The molecule has 0 amide bonds. The topological polar surface area (TPSA) is 123 Å². The number of carbonyl (C=O) groups is 2. The number of benzene rings is 3. The lowest BCUT2D eigenvalue weighted by Crippen LogP contribution is -2.10. The van der Waals surface area contributed by atoms with Gasteiger partial charge in [-0.05, 0) is 72.7 Å². The van der Waals surface area contributed by atoms with Gasteiger partial charge in [-0.3, -0.25) is 0 Å². The van der Waals surface area contributed by atoms with Gasteiger partial charge in [-0.2, -0.15) is 0 Å². The number of hydrogen-bond acceptors (Lipinski definition) is 8. The molecular weight excluding hydrogens is 496 g/mol. The number of nitrogens with two attached hydrogens (primary N) is 2. The fraction of sp³-hybridized carbons (Fsp3) is 0.290. The van der Waals surface area contributed by atoms with Crippen molar-refractivity contribution >= 4 is 29.4 Å². The summed E-state index contributed by atoms with van der Waals surface area (Å²) in [5.74, 6) is 0.919. The Labute approximate surface area is 229 Å². The molecule has 0 aliphatic rings. The second-order valence-corrected chi connectivity index (χ2v) is 8.93. The first-order valence-corrected chi connectivity index (χ1v) is 13.1. The van der Waals surface area contributed by atoms with Gasteiger partial charge in [0.1, 0.15) is 17.2 Å². The van der Waals surface area contributed by atoms with Crippen LogP contribution < -0.4 is 25.7 Å². The van der Waals surface area contributed by atoms with Crippen LogP contribution in [0.2, 0.25) is 0 Å². The van der Waals surface area contributed by atoms with E-state index in [0.717, 1.165) is 24.2 Å². The van der Waals surface area contributed by atoms with Crippen LogP contribution in [0.3, 0.4) is 0 Å².